The van der Waals surface area contributed by atoms with E-state index in [2.05, 4.69) is 14.9 Å². The first-order valence-electron chi connectivity index (χ1n) is 6.61. The summed E-state index contributed by atoms with van der Waals surface area (Å²) in [5.41, 5.74) is 1.20. The fraction of sp³-hybridized carbons (Fsp3) is 0.133. The van der Waals surface area contributed by atoms with Crippen LogP contribution >= 0.6 is 11.5 Å². The van der Waals surface area contributed by atoms with Crippen molar-refractivity contribution in [2.45, 2.75) is 6.92 Å². The van der Waals surface area contributed by atoms with E-state index in [4.69, 9.17) is 10.00 Å². The summed E-state index contributed by atoms with van der Waals surface area (Å²) in [7, 11) is 0. The summed E-state index contributed by atoms with van der Waals surface area (Å²) < 4.78 is 8.53. The smallest absolute Gasteiger partial charge is 0.338 e. The van der Waals surface area contributed by atoms with E-state index in [0.29, 0.717) is 23.6 Å². The van der Waals surface area contributed by atoms with Crippen LogP contribution in [0.2, 0.25) is 0 Å². The second kappa shape index (κ2) is 7.82. The largest absolute Gasteiger partial charge is 0.462 e. The summed E-state index contributed by atoms with van der Waals surface area (Å²) >= 11 is 1.13. The van der Waals surface area contributed by atoms with Crippen molar-refractivity contribution in [2.75, 3.05) is 11.9 Å². The number of esters is 1. The molecule has 1 aromatic carbocycles. The molecule has 8 heteroatoms. The van der Waals surface area contributed by atoms with Gasteiger partial charge in [0, 0.05) is 11.1 Å². The number of ether oxygens (including phenoxy) is 1. The van der Waals surface area contributed by atoms with E-state index in [1.165, 1.54) is 18.2 Å². The predicted octanol–water partition coefficient (Wildman–Crippen LogP) is 2.26. The second-order valence-electron chi connectivity index (χ2n) is 4.25. The fourth-order valence-electron chi connectivity index (χ4n) is 1.63. The number of nitrogens with zero attached hydrogens (tertiary/aromatic N) is 3. The molecule has 1 aromatic heterocycles. The van der Waals surface area contributed by atoms with Gasteiger partial charge in [0.05, 0.1) is 17.9 Å². The number of nitrogens with one attached hydrogen (secondary N) is 1. The molecule has 1 heterocycles. The SMILES string of the molecule is CCOC(=O)c1ccc(NC(=O)/C(C#N)=C/c2csnn2)cc1. The number of nitriles is 1. The molecule has 0 atom stereocenters. The van der Waals surface area contributed by atoms with Crippen molar-refractivity contribution in [1.82, 2.24) is 9.59 Å². The lowest BCUT2D eigenvalue weighted by Crippen LogP contribution is -2.13. The third kappa shape index (κ3) is 4.46. The molecule has 0 unspecified atom stereocenters. The maximum atomic E-state index is 12.1. The highest BCUT2D eigenvalue weighted by Gasteiger charge is 2.11. The highest BCUT2D eigenvalue weighted by Crippen LogP contribution is 2.13. The Morgan fingerprint density at radius 2 is 2.13 bits per heavy atom. The minimum absolute atomic E-state index is 0.0906. The molecule has 23 heavy (non-hydrogen) atoms. The molecule has 0 spiro atoms. The minimum Gasteiger partial charge on any atom is -0.462 e. The molecule has 0 radical (unpaired) electrons. The van der Waals surface area contributed by atoms with Crippen LogP contribution < -0.4 is 5.32 Å². The van der Waals surface area contributed by atoms with E-state index in [1.807, 2.05) is 6.07 Å². The van der Waals surface area contributed by atoms with E-state index < -0.39 is 11.9 Å². The Balaban J connectivity index is 2.08. The highest BCUT2D eigenvalue weighted by atomic mass is 32.1. The molecule has 1 N–H and O–H groups in total. The lowest BCUT2D eigenvalue weighted by atomic mass is 10.2. The number of carbonyl (C=O) groups excluding carboxylic acids is 2. The second-order valence-corrected chi connectivity index (χ2v) is 4.86. The van der Waals surface area contributed by atoms with Crippen LogP contribution in [0.15, 0.2) is 35.2 Å². The molecule has 2 aromatic rings. The van der Waals surface area contributed by atoms with E-state index in [0.717, 1.165) is 11.5 Å². The molecule has 1 amide bonds. The summed E-state index contributed by atoms with van der Waals surface area (Å²) in [6, 6.07) is 8.01. The Bertz CT molecular complexity index is 761. The molecule has 0 bridgehead atoms. The monoisotopic (exact) mass is 328 g/mol. The molecule has 0 fully saturated rings. The summed E-state index contributed by atoms with van der Waals surface area (Å²) in [6.45, 7) is 2.01. The van der Waals surface area contributed by atoms with Crippen LogP contribution in [0.5, 0.6) is 0 Å². The zero-order valence-corrected chi connectivity index (χ0v) is 13.0. The average molecular weight is 328 g/mol. The summed E-state index contributed by atoms with van der Waals surface area (Å²) in [5, 5.41) is 17.0. The molecular weight excluding hydrogens is 316 g/mol. The van der Waals surface area contributed by atoms with Crippen molar-refractivity contribution in [2.24, 2.45) is 0 Å². The van der Waals surface area contributed by atoms with Gasteiger partial charge in [0.25, 0.3) is 5.91 Å². The summed E-state index contributed by atoms with van der Waals surface area (Å²) in [5.74, 6) is -0.997. The highest BCUT2D eigenvalue weighted by molar-refractivity contribution is 7.03. The van der Waals surface area contributed by atoms with Crippen molar-refractivity contribution in [1.29, 1.82) is 5.26 Å². The van der Waals surface area contributed by atoms with Gasteiger partial charge in [-0.1, -0.05) is 4.49 Å². The first-order chi connectivity index (χ1) is 11.1. The molecule has 7 nitrogen and oxygen atoms in total. The first-order valence-corrected chi connectivity index (χ1v) is 7.45. The minimum atomic E-state index is -0.565. The Morgan fingerprint density at radius 3 is 2.70 bits per heavy atom. The third-order valence-corrected chi connectivity index (χ3v) is 3.21. The first kappa shape index (κ1) is 16.3. The molecule has 0 aliphatic heterocycles. The molecule has 0 aliphatic rings. The number of anilines is 1. The van der Waals surface area contributed by atoms with Crippen LogP contribution in [0.4, 0.5) is 5.69 Å². The Morgan fingerprint density at radius 1 is 1.39 bits per heavy atom. The topological polar surface area (TPSA) is 105 Å². The maximum Gasteiger partial charge on any atom is 0.338 e. The zero-order chi connectivity index (χ0) is 16.7. The number of aromatic nitrogens is 2. The van der Waals surface area contributed by atoms with Gasteiger partial charge in [-0.05, 0) is 48.8 Å². The number of hydrogen-bond acceptors (Lipinski definition) is 7. The van der Waals surface area contributed by atoms with Gasteiger partial charge in [0.15, 0.2) is 0 Å². The molecule has 116 valence electrons. The van der Waals surface area contributed by atoms with Gasteiger partial charge in [-0.25, -0.2) is 4.79 Å². The van der Waals surface area contributed by atoms with Crippen LogP contribution in [-0.4, -0.2) is 28.1 Å². The van der Waals surface area contributed by atoms with Crippen molar-refractivity contribution < 1.29 is 14.3 Å². The Hall–Kier alpha value is -3.05. The van der Waals surface area contributed by atoms with Gasteiger partial charge in [0.2, 0.25) is 0 Å². The van der Waals surface area contributed by atoms with E-state index in [-0.39, 0.29) is 5.57 Å². The lowest BCUT2D eigenvalue weighted by Gasteiger charge is -2.05. The van der Waals surface area contributed by atoms with Crippen LogP contribution in [0.25, 0.3) is 6.08 Å². The summed E-state index contributed by atoms with van der Waals surface area (Å²) in [4.78, 5) is 23.6. The van der Waals surface area contributed by atoms with Gasteiger partial charge in [0.1, 0.15) is 11.6 Å². The predicted molar refractivity (Wildman–Crippen MR) is 84.5 cm³/mol. The number of carbonyl (C=O) groups is 2. The van der Waals surface area contributed by atoms with Crippen LogP contribution in [0.3, 0.4) is 0 Å². The molecule has 0 saturated heterocycles. The average Bonchev–Trinajstić information content (AvgIpc) is 3.06. The van der Waals surface area contributed by atoms with Crippen molar-refractivity contribution in [3.05, 3.63) is 46.5 Å². The van der Waals surface area contributed by atoms with Gasteiger partial charge < -0.3 is 10.1 Å². The van der Waals surface area contributed by atoms with Crippen LogP contribution in [0.1, 0.15) is 23.0 Å². The fourth-order valence-corrected chi connectivity index (χ4v) is 2.05. The third-order valence-electron chi connectivity index (χ3n) is 2.69. The maximum absolute atomic E-state index is 12.1. The van der Waals surface area contributed by atoms with E-state index in [9.17, 15) is 9.59 Å². The van der Waals surface area contributed by atoms with Crippen molar-refractivity contribution in [3.63, 3.8) is 0 Å². The lowest BCUT2D eigenvalue weighted by molar-refractivity contribution is -0.112. The van der Waals surface area contributed by atoms with E-state index in [1.54, 1.807) is 24.4 Å². The van der Waals surface area contributed by atoms with E-state index >= 15 is 0 Å². The molecule has 0 saturated carbocycles. The Kier molecular flexibility index (Phi) is 5.55. The van der Waals surface area contributed by atoms with Crippen LogP contribution in [-0.2, 0) is 9.53 Å². The summed E-state index contributed by atoms with van der Waals surface area (Å²) in [6.07, 6.45) is 1.35. The van der Waals surface area contributed by atoms with Gasteiger partial charge in [-0.2, -0.15) is 5.26 Å². The molecular formula is C15H12N4O3S. The Labute approximate surface area is 136 Å². The van der Waals surface area contributed by atoms with Crippen LogP contribution in [0, 0.1) is 11.3 Å². The normalized spacial score (nSPS) is 10.7. The molecule has 0 aliphatic carbocycles. The zero-order valence-electron chi connectivity index (χ0n) is 12.1. The molecule has 2 rings (SSSR count). The number of benzene rings is 1. The van der Waals surface area contributed by atoms with Crippen molar-refractivity contribution in [3.8, 4) is 6.07 Å². The van der Waals surface area contributed by atoms with Gasteiger partial charge in [-0.15, -0.1) is 5.10 Å². The number of hydrogen-bond donors (Lipinski definition) is 1. The van der Waals surface area contributed by atoms with Gasteiger partial charge in [-0.3, -0.25) is 4.79 Å². The quantitative estimate of drug-likeness (QED) is 0.513. The number of amides is 1. The van der Waals surface area contributed by atoms with Crippen molar-refractivity contribution >= 4 is 35.2 Å². The van der Waals surface area contributed by atoms with Gasteiger partial charge >= 0.3 is 5.97 Å². The standard InChI is InChI=1S/C15H12N4O3S/c1-2-22-15(21)10-3-5-12(6-4-10)17-14(20)11(8-16)7-13-9-23-19-18-13/h3-7,9H,2H2,1H3,(H,17,20)/b11-7+. The number of rotatable bonds is 5.